The number of unbranched alkanes of at least 4 members (excludes halogenated alkanes) is 1. The summed E-state index contributed by atoms with van der Waals surface area (Å²) in [6.45, 7) is 9.54. The summed E-state index contributed by atoms with van der Waals surface area (Å²) >= 11 is 0. The number of hydrogen-bond donors (Lipinski definition) is 6. The molecule has 0 aliphatic carbocycles. The van der Waals surface area contributed by atoms with Crippen LogP contribution in [0.25, 0.3) is 23.3 Å². The number of carbonyl (C=O) groups excluding carboxylic acids is 7. The molecular formula is C69H78F3N7O14. The molecule has 0 unspecified atom stereocenters. The van der Waals surface area contributed by atoms with Crippen molar-refractivity contribution in [1.82, 2.24) is 25.6 Å². The number of carboxylic acid groups (broad SMARTS) is 4. The molecule has 21 nitrogen and oxygen atoms in total. The Labute approximate surface area is 536 Å². The summed E-state index contributed by atoms with van der Waals surface area (Å²) in [7, 11) is 0. The lowest BCUT2D eigenvalue weighted by molar-refractivity contribution is -0.697. The van der Waals surface area contributed by atoms with Crippen LogP contribution in [-0.2, 0) is 67.5 Å². The van der Waals surface area contributed by atoms with Gasteiger partial charge < -0.3 is 46.4 Å². The van der Waals surface area contributed by atoms with Gasteiger partial charge in [0.05, 0.1) is 42.5 Å². The van der Waals surface area contributed by atoms with Crippen LogP contribution in [0.3, 0.4) is 0 Å². The number of carboxylic acids is 4. The van der Waals surface area contributed by atoms with Crippen LogP contribution in [0.5, 0.6) is 0 Å². The number of nitrogens with one attached hydrogen (secondary N) is 2. The topological polar surface area (TPSA) is 339 Å². The SMILES string of the molecule is CC.CC(=O)C[C@@H](CC(=O)O)C(=O)N[C@@H](CCC(=O)O)C(=O)C[C@H](C(=O)N[C@@H](CC(=O)O)C(=O)C[C@@H](Cc1cn(CCCC[n+]2ccc(/C=C/c3ccc(C(=C(c4ccccc4)c4ccccc4)c4ccccc4)cc3)cc2)nn1)C(N)=O)C(C)C.O=C([O-])C(F)(F)F. The molecule has 0 aliphatic heterocycles. The third-order valence-electron chi connectivity index (χ3n) is 14.5. The summed E-state index contributed by atoms with van der Waals surface area (Å²) in [6.07, 6.45) is 1.85. The van der Waals surface area contributed by atoms with Crippen LogP contribution < -0.4 is 26.0 Å². The number of primary amides is 1. The second kappa shape index (κ2) is 37.8. The fraction of sp³-hybridized carbons (Fsp3) is 0.348. The second-order valence-electron chi connectivity index (χ2n) is 22.0. The maximum absolute atomic E-state index is 13.8. The first kappa shape index (κ1) is 75.2. The molecule has 3 amide bonds. The number of alkyl halides is 3. The first-order valence-corrected chi connectivity index (χ1v) is 30.1. The van der Waals surface area contributed by atoms with Gasteiger partial charge in [0.15, 0.2) is 24.0 Å². The highest BCUT2D eigenvalue weighted by Gasteiger charge is 2.36. The molecule has 0 bridgehead atoms. The van der Waals surface area contributed by atoms with E-state index in [9.17, 15) is 71.6 Å². The number of Topliss-reactive ketones (excluding diaryl/α,β-unsaturated/α-hetero) is 3. The molecule has 2 aromatic heterocycles. The number of aryl methyl sites for hydroxylation is 2. The van der Waals surface area contributed by atoms with Crippen LogP contribution >= 0.6 is 0 Å². The zero-order valence-corrected chi connectivity index (χ0v) is 52.3. The van der Waals surface area contributed by atoms with Crippen LogP contribution in [0, 0.1) is 23.7 Å². The van der Waals surface area contributed by atoms with E-state index in [2.05, 4.69) is 147 Å². The van der Waals surface area contributed by atoms with Crippen molar-refractivity contribution in [1.29, 1.82) is 0 Å². The third kappa shape index (κ3) is 25.9. The summed E-state index contributed by atoms with van der Waals surface area (Å²) in [5.41, 5.74) is 15.0. The lowest BCUT2D eigenvalue weighted by atomic mass is 9.85. The van der Waals surface area contributed by atoms with Crippen molar-refractivity contribution in [3.63, 3.8) is 0 Å². The Balaban J connectivity index is 0.00000191. The maximum Gasteiger partial charge on any atom is 0.430 e. The Hall–Kier alpha value is -10.3. The molecule has 5 atom stereocenters. The Morgan fingerprint density at radius 3 is 1.54 bits per heavy atom. The fourth-order valence-corrected chi connectivity index (χ4v) is 9.80. The maximum atomic E-state index is 13.8. The minimum absolute atomic E-state index is 0.111. The van der Waals surface area contributed by atoms with Gasteiger partial charge in [-0.1, -0.05) is 160 Å². The van der Waals surface area contributed by atoms with E-state index in [4.69, 9.17) is 15.6 Å². The average Bonchev–Trinajstić information content (AvgIpc) is 1.18. The number of nitrogens with zero attached hydrogens (tertiary/aromatic N) is 4. The van der Waals surface area contributed by atoms with Gasteiger partial charge in [0.2, 0.25) is 17.7 Å². The first-order valence-electron chi connectivity index (χ1n) is 30.1. The highest BCUT2D eigenvalue weighted by atomic mass is 19.4. The highest BCUT2D eigenvalue weighted by Crippen LogP contribution is 2.37. The van der Waals surface area contributed by atoms with Gasteiger partial charge in [0, 0.05) is 69.3 Å². The first-order chi connectivity index (χ1) is 44.2. The molecule has 93 heavy (non-hydrogen) atoms. The van der Waals surface area contributed by atoms with E-state index >= 15 is 0 Å². The van der Waals surface area contributed by atoms with E-state index in [0.717, 1.165) is 70.8 Å². The number of carbonyl (C=O) groups is 10. The lowest BCUT2D eigenvalue weighted by Crippen LogP contribution is -2.49. The van der Waals surface area contributed by atoms with Crippen LogP contribution in [0.2, 0.25) is 0 Å². The summed E-state index contributed by atoms with van der Waals surface area (Å²) in [5.74, 6) is -16.4. The molecule has 0 fully saturated rings. The minimum Gasteiger partial charge on any atom is -0.542 e. The lowest BCUT2D eigenvalue weighted by Gasteiger charge is -2.26. The normalized spacial score (nSPS) is 12.7. The van der Waals surface area contributed by atoms with Crippen molar-refractivity contribution in [3.8, 4) is 0 Å². The number of nitrogens with two attached hydrogens (primary N) is 1. The number of hydrogen-bond acceptors (Lipinski definition) is 13. The van der Waals surface area contributed by atoms with E-state index in [1.165, 1.54) is 0 Å². The number of ketones is 3. The molecule has 4 aromatic carbocycles. The van der Waals surface area contributed by atoms with E-state index in [-0.39, 0.29) is 6.42 Å². The highest BCUT2D eigenvalue weighted by molar-refractivity contribution is 6.05. The van der Waals surface area contributed by atoms with Crippen molar-refractivity contribution in [3.05, 3.63) is 185 Å². The van der Waals surface area contributed by atoms with Gasteiger partial charge >= 0.3 is 24.1 Å². The van der Waals surface area contributed by atoms with Crippen molar-refractivity contribution in [2.24, 2.45) is 29.4 Å². The van der Waals surface area contributed by atoms with Gasteiger partial charge in [-0.05, 0) is 70.2 Å². The van der Waals surface area contributed by atoms with Gasteiger partial charge in [-0.25, -0.2) is 4.57 Å². The van der Waals surface area contributed by atoms with Gasteiger partial charge in [-0.2, -0.15) is 13.2 Å². The van der Waals surface area contributed by atoms with Crippen molar-refractivity contribution in [2.45, 2.75) is 130 Å². The third-order valence-corrected chi connectivity index (χ3v) is 14.5. The Morgan fingerprint density at radius 2 is 1.09 bits per heavy atom. The molecule has 494 valence electrons. The summed E-state index contributed by atoms with van der Waals surface area (Å²) in [5, 5.41) is 50.3. The largest absolute Gasteiger partial charge is 0.542 e. The number of aliphatic carboxylic acids is 4. The van der Waals surface area contributed by atoms with Crippen LogP contribution in [0.15, 0.2) is 146 Å². The van der Waals surface area contributed by atoms with Crippen LogP contribution in [0.1, 0.15) is 131 Å². The number of benzene rings is 4. The molecule has 0 spiro atoms. The standard InChI is InChI=1S/C65H71N7O12.C2HF3O2.C2H6/c1-42(2)53(39-57(75)54(27-28-58(76)77)67-64(83)51(35-43(3)73)38-59(78)79)65(84)68-55(40-60(80)81)56(74)37-50(63(66)82)36-52-41-72(70-69-52)32-14-13-31-71-33-29-45(30-34-71)22-21-44-23-25-49(26-24-44)62(48-19-11-6-12-20-48)61(46-15-7-4-8-16-46)47-17-9-5-10-18-47;3-2(4,5)1(6)7;1-2/h4-12,15-26,29-30,33-34,41-42,50-51,53-55H,13-14,27-28,31-32,35-40H2,1-3H3,(H6-,66,67,68,76,77,78,79,80,81,82,83,84);(H,6,7);1-2H3/b22-21+;;/t50-,51+,53+,54+,55+;;/m1../s1. The molecule has 7 N–H and O–H groups in total. The van der Waals surface area contributed by atoms with Gasteiger partial charge in [-0.15, -0.1) is 5.10 Å². The predicted octanol–water partition coefficient (Wildman–Crippen LogP) is 7.76. The van der Waals surface area contributed by atoms with Crippen molar-refractivity contribution >= 4 is 82.2 Å². The Kier molecular flexibility index (Phi) is 30.6. The monoisotopic (exact) mass is 1290 g/mol. The zero-order chi connectivity index (χ0) is 68.8. The Bertz CT molecular complexity index is 3480. The van der Waals surface area contributed by atoms with Crippen molar-refractivity contribution in [2.75, 3.05) is 0 Å². The summed E-state index contributed by atoms with van der Waals surface area (Å²) in [6, 6.07) is 41.0. The molecule has 6 aromatic rings. The van der Waals surface area contributed by atoms with E-state index in [1.54, 1.807) is 24.7 Å². The quantitative estimate of drug-likeness (QED) is 0.0128. The summed E-state index contributed by atoms with van der Waals surface area (Å²) < 4.78 is 35.3. The summed E-state index contributed by atoms with van der Waals surface area (Å²) in [4.78, 5) is 122. The predicted molar refractivity (Wildman–Crippen MR) is 336 cm³/mol. The van der Waals surface area contributed by atoms with Gasteiger partial charge in [0.1, 0.15) is 18.3 Å². The fourth-order valence-electron chi connectivity index (χ4n) is 9.80. The van der Waals surface area contributed by atoms with Crippen LogP contribution in [-0.4, -0.2) is 108 Å². The molecule has 0 saturated carbocycles. The van der Waals surface area contributed by atoms with Crippen LogP contribution in [0.4, 0.5) is 13.2 Å². The molecule has 24 heteroatoms. The Morgan fingerprint density at radius 1 is 0.613 bits per heavy atom. The minimum atomic E-state index is -5.19. The number of amides is 3. The van der Waals surface area contributed by atoms with E-state index in [1.807, 2.05) is 44.4 Å². The molecular weight excluding hydrogens is 1210 g/mol. The molecule has 0 saturated heterocycles. The second-order valence-corrected chi connectivity index (χ2v) is 22.0. The smallest absolute Gasteiger partial charge is 0.430 e. The molecule has 0 aliphatic rings. The number of halogens is 3. The number of rotatable bonds is 34. The van der Waals surface area contributed by atoms with Crippen molar-refractivity contribution < 1.29 is 86.1 Å². The zero-order valence-electron chi connectivity index (χ0n) is 52.3. The van der Waals surface area contributed by atoms with Gasteiger partial charge in [0.25, 0.3) is 0 Å². The molecule has 2 heterocycles. The molecule has 0 radical (unpaired) electrons. The van der Waals surface area contributed by atoms with E-state index in [0.29, 0.717) is 12.2 Å². The molecule has 6 rings (SSSR count). The average molecular weight is 1290 g/mol. The number of aromatic nitrogens is 4. The number of pyridine rings is 1. The van der Waals surface area contributed by atoms with E-state index < -0.39 is 146 Å². The van der Waals surface area contributed by atoms with Gasteiger partial charge in [-0.3, -0.25) is 43.0 Å².